The summed E-state index contributed by atoms with van der Waals surface area (Å²) in [6.45, 7) is 0. The molecular weight excluding hydrogens is 396 g/mol. The monoisotopic (exact) mass is 422 g/mol. The molecule has 158 valence electrons. The molecule has 0 heterocycles. The topological polar surface area (TPSA) is 122 Å². The second-order valence-electron chi connectivity index (χ2n) is 8.92. The molecular formula is C20H26N2O6S. The molecule has 0 spiro atoms. The lowest BCUT2D eigenvalue weighted by molar-refractivity contribution is -0.129. The van der Waals surface area contributed by atoms with Crippen LogP contribution in [0.1, 0.15) is 55.3 Å². The van der Waals surface area contributed by atoms with Gasteiger partial charge in [0.15, 0.2) is 0 Å². The minimum Gasteiger partial charge on any atom is -0.507 e. The molecule has 8 nitrogen and oxygen atoms in total. The van der Waals surface area contributed by atoms with Crippen molar-refractivity contribution in [3.05, 3.63) is 23.8 Å². The lowest BCUT2D eigenvalue weighted by atomic mass is 9.49. The lowest BCUT2D eigenvalue weighted by Crippen LogP contribution is -2.50. The first kappa shape index (κ1) is 20.2. The number of rotatable bonds is 6. The number of phenolic OH excluding ortho intramolecular Hbond substituents is 1. The van der Waals surface area contributed by atoms with Crippen LogP contribution in [0.2, 0.25) is 0 Å². The molecule has 0 saturated heterocycles. The molecule has 1 amide bonds. The van der Waals surface area contributed by atoms with E-state index in [0.717, 1.165) is 44.6 Å². The fraction of sp³-hybridized carbons (Fsp3) is 0.600. The number of esters is 1. The predicted octanol–water partition coefficient (Wildman–Crippen LogP) is 2.09. The number of hydrogen-bond donors (Lipinski definition) is 3. The first-order valence-corrected chi connectivity index (χ1v) is 11.4. The van der Waals surface area contributed by atoms with Crippen LogP contribution < -0.4 is 10.3 Å². The molecule has 1 aromatic rings. The second-order valence-corrected chi connectivity index (χ2v) is 10.6. The molecule has 1 aromatic carbocycles. The molecule has 29 heavy (non-hydrogen) atoms. The molecule has 0 aromatic heterocycles. The Kier molecular flexibility index (Phi) is 5.06. The number of carbonyl (C=O) groups is 2. The third-order valence-corrected chi connectivity index (χ3v) is 7.95. The summed E-state index contributed by atoms with van der Waals surface area (Å²) in [7, 11) is -2.97. The van der Waals surface area contributed by atoms with Gasteiger partial charge in [-0.3, -0.25) is 10.2 Å². The van der Waals surface area contributed by atoms with Crippen LogP contribution in [0.25, 0.3) is 0 Å². The first-order chi connectivity index (χ1) is 13.7. The molecule has 9 heteroatoms. The van der Waals surface area contributed by atoms with E-state index in [-0.39, 0.29) is 27.5 Å². The summed E-state index contributed by atoms with van der Waals surface area (Å²) in [5, 5.41) is 9.72. The van der Waals surface area contributed by atoms with E-state index in [1.165, 1.54) is 19.3 Å². The van der Waals surface area contributed by atoms with Crippen molar-refractivity contribution in [3.63, 3.8) is 0 Å². The van der Waals surface area contributed by atoms with Crippen LogP contribution in [0, 0.1) is 23.2 Å². The van der Waals surface area contributed by atoms with E-state index < -0.39 is 16.0 Å². The quantitative estimate of drug-likeness (QED) is 0.477. The zero-order valence-electron chi connectivity index (χ0n) is 16.3. The number of phenols is 1. The SMILES string of the molecule is COC(=O)c1cc(S(=O)(=O)NNC(=O)CC23CC4CC(CC(C4)C2)C3)ccc1O. The Balaban J connectivity index is 1.41. The lowest BCUT2D eigenvalue weighted by Gasteiger charge is -2.56. The number of ether oxygens (including phenoxy) is 1. The summed E-state index contributed by atoms with van der Waals surface area (Å²) in [5.41, 5.74) is 2.05. The maximum absolute atomic E-state index is 12.5. The molecule has 0 unspecified atom stereocenters. The fourth-order valence-electron chi connectivity index (χ4n) is 6.03. The molecule has 0 atom stereocenters. The van der Waals surface area contributed by atoms with Crippen LogP contribution in [-0.2, 0) is 19.6 Å². The maximum atomic E-state index is 12.5. The van der Waals surface area contributed by atoms with Crippen molar-refractivity contribution >= 4 is 21.9 Å². The van der Waals surface area contributed by atoms with Gasteiger partial charge in [0.05, 0.1) is 12.0 Å². The molecule has 5 rings (SSSR count). The van der Waals surface area contributed by atoms with Crippen molar-refractivity contribution in [1.29, 1.82) is 0 Å². The minimum absolute atomic E-state index is 0.000859. The Labute approximate surface area is 170 Å². The van der Waals surface area contributed by atoms with Crippen molar-refractivity contribution in [1.82, 2.24) is 10.3 Å². The van der Waals surface area contributed by atoms with Gasteiger partial charge in [0, 0.05) is 6.42 Å². The van der Waals surface area contributed by atoms with Crippen LogP contribution in [-0.4, -0.2) is 32.5 Å². The number of carbonyl (C=O) groups excluding carboxylic acids is 2. The third kappa shape index (κ3) is 3.98. The third-order valence-electron chi connectivity index (χ3n) is 6.71. The smallest absolute Gasteiger partial charge is 0.341 e. The van der Waals surface area contributed by atoms with Crippen molar-refractivity contribution in [2.45, 2.75) is 49.8 Å². The number of sulfonamides is 1. The van der Waals surface area contributed by atoms with Crippen LogP contribution in [0.5, 0.6) is 5.75 Å². The second kappa shape index (κ2) is 7.28. The molecule has 3 N–H and O–H groups in total. The van der Waals surface area contributed by atoms with Gasteiger partial charge in [0.25, 0.3) is 10.0 Å². The normalized spacial score (nSPS) is 30.2. The van der Waals surface area contributed by atoms with Gasteiger partial charge in [0.2, 0.25) is 5.91 Å². The Bertz CT molecular complexity index is 907. The van der Waals surface area contributed by atoms with E-state index in [1.54, 1.807) is 0 Å². The maximum Gasteiger partial charge on any atom is 0.341 e. The van der Waals surface area contributed by atoms with E-state index in [4.69, 9.17) is 0 Å². The highest BCUT2D eigenvalue weighted by atomic mass is 32.2. The van der Waals surface area contributed by atoms with Crippen molar-refractivity contribution in [2.24, 2.45) is 23.2 Å². The number of hydrazine groups is 1. The summed E-state index contributed by atoms with van der Waals surface area (Å²) >= 11 is 0. The molecule has 0 radical (unpaired) electrons. The summed E-state index contributed by atoms with van der Waals surface area (Å²) in [4.78, 5) is 26.0. The van der Waals surface area contributed by atoms with Gasteiger partial charge in [-0.05, 0) is 79.9 Å². The molecule has 0 aliphatic heterocycles. The summed E-state index contributed by atoms with van der Waals surface area (Å²) in [6, 6.07) is 3.25. The molecule has 4 saturated carbocycles. The van der Waals surface area contributed by atoms with Gasteiger partial charge in [-0.2, -0.15) is 0 Å². The van der Waals surface area contributed by atoms with E-state index in [1.807, 2.05) is 0 Å². The Morgan fingerprint density at radius 2 is 1.72 bits per heavy atom. The van der Waals surface area contributed by atoms with Gasteiger partial charge in [-0.15, -0.1) is 4.83 Å². The van der Waals surface area contributed by atoms with E-state index in [9.17, 15) is 23.1 Å². The van der Waals surface area contributed by atoms with Gasteiger partial charge in [-0.1, -0.05) is 0 Å². The van der Waals surface area contributed by atoms with E-state index >= 15 is 0 Å². The highest BCUT2D eigenvalue weighted by Gasteiger charge is 2.51. The highest BCUT2D eigenvalue weighted by Crippen LogP contribution is 2.61. The number of methoxy groups -OCH3 is 1. The number of amides is 1. The van der Waals surface area contributed by atoms with Gasteiger partial charge < -0.3 is 9.84 Å². The largest absolute Gasteiger partial charge is 0.507 e. The number of benzene rings is 1. The summed E-state index contributed by atoms with van der Waals surface area (Å²) in [6.07, 6.45) is 7.31. The van der Waals surface area contributed by atoms with Crippen LogP contribution in [0.15, 0.2) is 23.1 Å². The number of hydrogen-bond acceptors (Lipinski definition) is 6. The molecule has 4 aliphatic carbocycles. The summed E-state index contributed by atoms with van der Waals surface area (Å²) < 4.78 is 29.6. The Morgan fingerprint density at radius 3 is 2.28 bits per heavy atom. The molecule has 4 aliphatic rings. The van der Waals surface area contributed by atoms with Crippen LogP contribution in [0.3, 0.4) is 0 Å². The van der Waals surface area contributed by atoms with Crippen molar-refractivity contribution < 1.29 is 27.9 Å². The Hall–Kier alpha value is -2.13. The zero-order chi connectivity index (χ0) is 20.8. The summed E-state index contributed by atoms with van der Waals surface area (Å²) in [5.74, 6) is 0.535. The predicted molar refractivity (Wildman–Crippen MR) is 103 cm³/mol. The average molecular weight is 423 g/mol. The van der Waals surface area contributed by atoms with Crippen LogP contribution >= 0.6 is 0 Å². The van der Waals surface area contributed by atoms with Gasteiger partial charge in [0.1, 0.15) is 11.3 Å². The van der Waals surface area contributed by atoms with Gasteiger partial charge in [-0.25, -0.2) is 13.2 Å². The zero-order valence-corrected chi connectivity index (χ0v) is 17.1. The minimum atomic E-state index is -4.10. The van der Waals surface area contributed by atoms with Crippen molar-refractivity contribution in [3.8, 4) is 5.75 Å². The Morgan fingerprint density at radius 1 is 1.14 bits per heavy atom. The van der Waals surface area contributed by atoms with E-state index in [2.05, 4.69) is 15.0 Å². The number of nitrogens with one attached hydrogen (secondary N) is 2. The number of aromatic hydroxyl groups is 1. The molecule has 4 bridgehead atoms. The first-order valence-electron chi connectivity index (χ1n) is 9.92. The van der Waals surface area contributed by atoms with E-state index in [0.29, 0.717) is 24.2 Å². The standard InChI is InChI=1S/C20H26N2O6S/c1-28-19(25)16-7-15(2-3-17(16)23)29(26,27)22-21-18(24)11-20-8-12-4-13(9-20)6-14(5-12)10-20/h2-3,7,12-14,22-23H,4-6,8-11H2,1H3,(H,21,24). The van der Waals surface area contributed by atoms with Crippen molar-refractivity contribution in [2.75, 3.05) is 7.11 Å². The molecule has 4 fully saturated rings. The fourth-order valence-corrected chi connectivity index (χ4v) is 6.92. The van der Waals surface area contributed by atoms with Crippen LogP contribution in [0.4, 0.5) is 0 Å². The average Bonchev–Trinajstić information content (AvgIpc) is 2.64. The highest BCUT2D eigenvalue weighted by molar-refractivity contribution is 7.89. The van der Waals surface area contributed by atoms with Gasteiger partial charge >= 0.3 is 5.97 Å².